The molecule has 2 N–H and O–H groups in total. The van der Waals surface area contributed by atoms with E-state index in [1.54, 1.807) is 6.20 Å². The molecule has 0 aliphatic heterocycles. The van der Waals surface area contributed by atoms with Crippen molar-refractivity contribution in [3.05, 3.63) is 66.0 Å². The third-order valence-electron chi connectivity index (χ3n) is 3.88. The molecule has 1 aromatic heterocycles. The Morgan fingerprint density at radius 2 is 1.85 bits per heavy atom. The molecular formula is C20H22N4O2. The van der Waals surface area contributed by atoms with Gasteiger partial charge in [-0.3, -0.25) is 14.6 Å². The predicted octanol–water partition coefficient (Wildman–Crippen LogP) is 1.98. The van der Waals surface area contributed by atoms with Gasteiger partial charge in [-0.15, -0.1) is 0 Å². The molecule has 0 saturated carbocycles. The summed E-state index contributed by atoms with van der Waals surface area (Å²) >= 11 is 0. The summed E-state index contributed by atoms with van der Waals surface area (Å²) in [5.41, 5.74) is 1.87. The first-order valence-electron chi connectivity index (χ1n) is 8.57. The monoisotopic (exact) mass is 350 g/mol. The molecule has 0 saturated heterocycles. The number of nitrogens with one attached hydrogen (secondary N) is 2. The smallest absolute Gasteiger partial charge is 0.237 e. The van der Waals surface area contributed by atoms with Crippen molar-refractivity contribution >= 4 is 11.8 Å². The number of carbonyl (C=O) groups is 2. The number of pyridine rings is 1. The van der Waals surface area contributed by atoms with Crippen molar-refractivity contribution in [2.75, 3.05) is 6.54 Å². The predicted molar refractivity (Wildman–Crippen MR) is 97.6 cm³/mol. The van der Waals surface area contributed by atoms with Gasteiger partial charge < -0.3 is 10.6 Å². The van der Waals surface area contributed by atoms with Crippen LogP contribution in [0.1, 0.15) is 24.1 Å². The molecule has 2 rings (SSSR count). The fourth-order valence-electron chi connectivity index (χ4n) is 2.41. The van der Waals surface area contributed by atoms with E-state index in [4.69, 9.17) is 0 Å². The van der Waals surface area contributed by atoms with Gasteiger partial charge in [0.25, 0.3) is 0 Å². The Morgan fingerprint density at radius 3 is 2.54 bits per heavy atom. The lowest BCUT2D eigenvalue weighted by atomic mass is 10.00. The van der Waals surface area contributed by atoms with Gasteiger partial charge in [0.1, 0.15) is 5.92 Å². The van der Waals surface area contributed by atoms with Crippen LogP contribution in [0.2, 0.25) is 0 Å². The van der Waals surface area contributed by atoms with Gasteiger partial charge in [0.05, 0.1) is 18.3 Å². The quantitative estimate of drug-likeness (QED) is 0.723. The molecule has 26 heavy (non-hydrogen) atoms. The second kappa shape index (κ2) is 10.6. The van der Waals surface area contributed by atoms with E-state index >= 15 is 0 Å². The second-order valence-electron chi connectivity index (χ2n) is 5.84. The molecule has 6 heteroatoms. The molecule has 2 aromatic rings. The van der Waals surface area contributed by atoms with Gasteiger partial charge in [0.15, 0.2) is 0 Å². The molecule has 0 aliphatic rings. The zero-order valence-electron chi connectivity index (χ0n) is 14.5. The number of benzene rings is 1. The van der Waals surface area contributed by atoms with Gasteiger partial charge in [-0.05, 0) is 30.5 Å². The van der Waals surface area contributed by atoms with E-state index in [9.17, 15) is 14.9 Å². The maximum atomic E-state index is 12.1. The van der Waals surface area contributed by atoms with Crippen LogP contribution >= 0.6 is 0 Å². The average Bonchev–Trinajstić information content (AvgIpc) is 2.68. The number of hydrogen-bond acceptors (Lipinski definition) is 4. The van der Waals surface area contributed by atoms with Gasteiger partial charge in [-0.25, -0.2) is 0 Å². The molecule has 0 fully saturated rings. The van der Waals surface area contributed by atoms with E-state index in [2.05, 4.69) is 15.6 Å². The van der Waals surface area contributed by atoms with Crippen molar-refractivity contribution in [3.63, 3.8) is 0 Å². The Kier molecular flexibility index (Phi) is 7.81. The number of hydrogen-bond donors (Lipinski definition) is 2. The molecule has 1 aromatic carbocycles. The number of carbonyl (C=O) groups excluding carboxylic acids is 2. The highest BCUT2D eigenvalue weighted by Gasteiger charge is 2.17. The van der Waals surface area contributed by atoms with Gasteiger partial charge in [0.2, 0.25) is 11.8 Å². The first-order chi connectivity index (χ1) is 12.7. The average molecular weight is 350 g/mol. The molecule has 0 radical (unpaired) electrons. The molecule has 1 heterocycles. The van der Waals surface area contributed by atoms with Crippen LogP contribution in [0, 0.1) is 17.2 Å². The molecule has 6 nitrogen and oxygen atoms in total. The zero-order chi connectivity index (χ0) is 18.6. The number of nitriles is 1. The van der Waals surface area contributed by atoms with Crippen LogP contribution in [0.25, 0.3) is 0 Å². The largest absolute Gasteiger partial charge is 0.354 e. The molecule has 134 valence electrons. The summed E-state index contributed by atoms with van der Waals surface area (Å²) in [4.78, 5) is 28.0. The number of aryl methyl sites for hydroxylation is 1. The van der Waals surface area contributed by atoms with E-state index in [1.165, 1.54) is 0 Å². The van der Waals surface area contributed by atoms with Crippen LogP contribution in [-0.2, 0) is 22.6 Å². The highest BCUT2D eigenvalue weighted by molar-refractivity contribution is 5.82. The van der Waals surface area contributed by atoms with E-state index in [-0.39, 0.29) is 24.8 Å². The van der Waals surface area contributed by atoms with Gasteiger partial charge in [-0.1, -0.05) is 36.4 Å². The Hall–Kier alpha value is -3.20. The molecule has 0 unspecified atom stereocenters. The molecule has 0 spiro atoms. The Balaban J connectivity index is 1.66. The van der Waals surface area contributed by atoms with Gasteiger partial charge >= 0.3 is 0 Å². The molecule has 1 atom stereocenters. The van der Waals surface area contributed by atoms with Crippen LogP contribution < -0.4 is 10.6 Å². The highest BCUT2D eigenvalue weighted by atomic mass is 16.2. The summed E-state index contributed by atoms with van der Waals surface area (Å²) in [7, 11) is 0. The lowest BCUT2D eigenvalue weighted by Gasteiger charge is -2.10. The van der Waals surface area contributed by atoms with E-state index < -0.39 is 5.92 Å². The van der Waals surface area contributed by atoms with E-state index in [0.29, 0.717) is 19.4 Å². The third-order valence-corrected chi connectivity index (χ3v) is 3.88. The number of amides is 2. The zero-order valence-corrected chi connectivity index (χ0v) is 14.5. The SMILES string of the molecule is N#C[C@@H](CCc1ccccc1)C(=O)NCCC(=O)NCc1ccccn1. The Morgan fingerprint density at radius 1 is 1.08 bits per heavy atom. The summed E-state index contributed by atoms with van der Waals surface area (Å²) in [5.74, 6) is -1.22. The minimum Gasteiger partial charge on any atom is -0.354 e. The standard InChI is InChI=1S/C20H22N4O2/c21-14-17(10-9-16-6-2-1-3-7-16)20(26)23-13-11-19(25)24-15-18-8-4-5-12-22-18/h1-8,12,17H,9-11,13,15H2,(H,23,26)(H,24,25)/t17-/m1/s1. The van der Waals surface area contributed by atoms with E-state index in [0.717, 1.165) is 11.3 Å². The Bertz CT molecular complexity index is 741. The molecule has 0 aliphatic carbocycles. The fourth-order valence-corrected chi connectivity index (χ4v) is 2.41. The molecule has 2 amide bonds. The minimum absolute atomic E-state index is 0.162. The van der Waals surface area contributed by atoms with Crippen molar-refractivity contribution in [3.8, 4) is 6.07 Å². The first kappa shape index (κ1) is 19.1. The van der Waals surface area contributed by atoms with Gasteiger partial charge in [0, 0.05) is 19.2 Å². The van der Waals surface area contributed by atoms with Crippen molar-refractivity contribution in [1.82, 2.24) is 15.6 Å². The normalized spacial score (nSPS) is 11.2. The third kappa shape index (κ3) is 6.73. The summed E-state index contributed by atoms with van der Waals surface area (Å²) in [6.07, 6.45) is 2.95. The minimum atomic E-state index is -0.716. The lowest BCUT2D eigenvalue weighted by molar-refractivity contribution is -0.124. The van der Waals surface area contributed by atoms with Gasteiger partial charge in [-0.2, -0.15) is 5.26 Å². The van der Waals surface area contributed by atoms with Crippen molar-refractivity contribution in [2.24, 2.45) is 5.92 Å². The lowest BCUT2D eigenvalue weighted by Crippen LogP contribution is -2.34. The number of nitrogens with zero attached hydrogens (tertiary/aromatic N) is 2. The van der Waals surface area contributed by atoms with Crippen LogP contribution in [0.3, 0.4) is 0 Å². The topological polar surface area (TPSA) is 94.9 Å². The maximum Gasteiger partial charge on any atom is 0.237 e. The summed E-state index contributed by atoms with van der Waals surface area (Å²) < 4.78 is 0. The van der Waals surface area contributed by atoms with Crippen molar-refractivity contribution in [2.45, 2.75) is 25.8 Å². The Labute approximate surface area is 153 Å². The maximum absolute atomic E-state index is 12.1. The summed E-state index contributed by atoms with van der Waals surface area (Å²) in [6.45, 7) is 0.557. The first-order valence-corrected chi connectivity index (χ1v) is 8.57. The fraction of sp³-hybridized carbons (Fsp3) is 0.300. The second-order valence-corrected chi connectivity index (χ2v) is 5.84. The van der Waals surface area contributed by atoms with Crippen LogP contribution in [0.15, 0.2) is 54.7 Å². The van der Waals surface area contributed by atoms with Crippen LogP contribution in [0.5, 0.6) is 0 Å². The number of rotatable bonds is 9. The van der Waals surface area contributed by atoms with Crippen LogP contribution in [0.4, 0.5) is 0 Å². The molecule has 0 bridgehead atoms. The van der Waals surface area contributed by atoms with Crippen molar-refractivity contribution < 1.29 is 9.59 Å². The summed E-state index contributed by atoms with van der Waals surface area (Å²) in [5, 5.41) is 14.6. The summed E-state index contributed by atoms with van der Waals surface area (Å²) in [6, 6.07) is 17.3. The van der Waals surface area contributed by atoms with Crippen molar-refractivity contribution in [1.29, 1.82) is 5.26 Å². The molecular weight excluding hydrogens is 328 g/mol. The number of aromatic nitrogens is 1. The highest BCUT2D eigenvalue weighted by Crippen LogP contribution is 2.09. The van der Waals surface area contributed by atoms with E-state index in [1.807, 2.05) is 54.6 Å². The van der Waals surface area contributed by atoms with Crippen LogP contribution in [-0.4, -0.2) is 23.3 Å².